The van der Waals surface area contributed by atoms with Gasteiger partial charge in [0, 0.05) is 6.54 Å². The molecule has 0 amide bonds. The number of nitrogens with one attached hydrogen (secondary N) is 2. The molecule has 0 saturated heterocycles. The molecule has 4 rings (SSSR count). The second-order valence-electron chi connectivity index (χ2n) is 7.33. The topological polar surface area (TPSA) is 102 Å². The van der Waals surface area contributed by atoms with Crippen molar-refractivity contribution in [3.63, 3.8) is 0 Å². The molecule has 1 atom stereocenters. The Kier molecular flexibility index (Phi) is 4.33. The molecule has 8 heteroatoms. The number of aromatic amines is 1. The minimum atomic E-state index is -0.654. The van der Waals surface area contributed by atoms with Gasteiger partial charge in [0.05, 0.1) is 29.9 Å². The average Bonchev–Trinajstić information content (AvgIpc) is 3.04. The van der Waals surface area contributed by atoms with Gasteiger partial charge < -0.3 is 14.8 Å². The van der Waals surface area contributed by atoms with Crippen LogP contribution < -0.4 is 21.3 Å². The van der Waals surface area contributed by atoms with Gasteiger partial charge in [-0.15, -0.1) is 0 Å². The monoisotopic (exact) mass is 383 g/mol. The maximum Gasteiger partial charge on any atom is 0.337 e. The summed E-state index contributed by atoms with van der Waals surface area (Å²) in [6.07, 6.45) is 0. The zero-order valence-electron chi connectivity index (χ0n) is 15.9. The summed E-state index contributed by atoms with van der Waals surface area (Å²) < 4.78 is 12.0. The van der Waals surface area contributed by atoms with Crippen molar-refractivity contribution in [3.05, 3.63) is 67.5 Å². The number of aromatic nitrogens is 2. The van der Waals surface area contributed by atoms with E-state index >= 15 is 0 Å². The van der Waals surface area contributed by atoms with Crippen LogP contribution in [0.2, 0.25) is 0 Å². The van der Waals surface area contributed by atoms with Gasteiger partial charge in [-0.3, -0.25) is 14.3 Å². The molecular formula is C20H21N3O5. The number of carbonyl (C=O) groups is 1. The number of esters is 1. The predicted molar refractivity (Wildman–Crippen MR) is 103 cm³/mol. The maximum absolute atomic E-state index is 12.8. The van der Waals surface area contributed by atoms with E-state index in [1.807, 2.05) is 19.9 Å². The van der Waals surface area contributed by atoms with Crippen LogP contribution in [-0.2, 0) is 16.1 Å². The number of H-pyrrole nitrogens is 1. The fourth-order valence-electron chi connectivity index (χ4n) is 3.78. The number of anilines is 1. The molecule has 8 nitrogen and oxygen atoms in total. The van der Waals surface area contributed by atoms with Crippen LogP contribution in [0.4, 0.5) is 5.82 Å². The van der Waals surface area contributed by atoms with Crippen molar-refractivity contribution < 1.29 is 14.3 Å². The lowest BCUT2D eigenvalue weighted by atomic mass is 9.82. The largest absolute Gasteiger partial charge is 0.497 e. The minimum absolute atomic E-state index is 0.0801. The Morgan fingerprint density at radius 2 is 2.07 bits per heavy atom. The number of hydrogen-bond acceptors (Lipinski definition) is 6. The highest BCUT2D eigenvalue weighted by atomic mass is 16.5. The van der Waals surface area contributed by atoms with Crippen molar-refractivity contribution in [1.82, 2.24) is 9.55 Å². The number of ether oxygens (including phenoxy) is 2. The van der Waals surface area contributed by atoms with Crippen molar-refractivity contribution >= 4 is 11.8 Å². The number of benzene rings is 1. The molecule has 1 aromatic heterocycles. The summed E-state index contributed by atoms with van der Waals surface area (Å²) in [5.74, 6) is 0.0769. The number of carbonyl (C=O) groups excluding carboxylic acids is 1. The van der Waals surface area contributed by atoms with Crippen LogP contribution in [-0.4, -0.2) is 29.2 Å². The Morgan fingerprint density at radius 1 is 1.29 bits per heavy atom. The van der Waals surface area contributed by atoms with E-state index in [4.69, 9.17) is 9.47 Å². The molecule has 0 radical (unpaired) electrons. The first-order valence-corrected chi connectivity index (χ1v) is 9.08. The first kappa shape index (κ1) is 18.1. The molecule has 2 aromatic rings. The molecule has 0 bridgehead atoms. The second-order valence-corrected chi connectivity index (χ2v) is 7.33. The molecule has 3 heterocycles. The zero-order chi connectivity index (χ0) is 20.0. The number of fused-ring (bicyclic) bond motifs is 1. The third-order valence-electron chi connectivity index (χ3n) is 4.95. The van der Waals surface area contributed by atoms with E-state index in [-0.39, 0.29) is 12.5 Å². The summed E-state index contributed by atoms with van der Waals surface area (Å²) in [6, 6.07) is 7.20. The molecule has 2 aliphatic heterocycles. The molecule has 2 N–H and O–H groups in total. The van der Waals surface area contributed by atoms with Crippen LogP contribution in [0.3, 0.4) is 0 Å². The SMILES string of the molecule is COc1cccc([C@@H]2C3=C(COC3=O)Nc3c2c(=O)[nH]c(=O)n3CC(C)C)c1. The van der Waals surface area contributed by atoms with E-state index in [2.05, 4.69) is 10.3 Å². The van der Waals surface area contributed by atoms with Crippen LogP contribution in [0, 0.1) is 5.92 Å². The van der Waals surface area contributed by atoms with Crippen molar-refractivity contribution in [2.75, 3.05) is 19.0 Å². The third-order valence-corrected chi connectivity index (χ3v) is 4.95. The summed E-state index contributed by atoms with van der Waals surface area (Å²) >= 11 is 0. The van der Waals surface area contributed by atoms with E-state index in [1.165, 1.54) is 4.57 Å². The number of cyclic esters (lactones) is 1. The van der Waals surface area contributed by atoms with E-state index in [0.29, 0.717) is 40.5 Å². The van der Waals surface area contributed by atoms with Gasteiger partial charge >= 0.3 is 11.7 Å². The van der Waals surface area contributed by atoms with Crippen LogP contribution in [0.25, 0.3) is 0 Å². The lowest BCUT2D eigenvalue weighted by Gasteiger charge is -2.28. The van der Waals surface area contributed by atoms with Gasteiger partial charge in [-0.25, -0.2) is 9.59 Å². The highest BCUT2D eigenvalue weighted by molar-refractivity contribution is 5.96. The molecule has 146 valence electrons. The molecule has 0 aliphatic carbocycles. The van der Waals surface area contributed by atoms with E-state index in [1.54, 1.807) is 25.3 Å². The molecule has 2 aliphatic rings. The third kappa shape index (κ3) is 2.81. The van der Waals surface area contributed by atoms with E-state index in [9.17, 15) is 14.4 Å². The smallest absolute Gasteiger partial charge is 0.337 e. The summed E-state index contributed by atoms with van der Waals surface area (Å²) in [7, 11) is 1.55. The Morgan fingerprint density at radius 3 is 2.79 bits per heavy atom. The average molecular weight is 383 g/mol. The fraction of sp³-hybridized carbons (Fsp3) is 0.350. The Bertz CT molecular complexity index is 1110. The van der Waals surface area contributed by atoms with Crippen molar-refractivity contribution in [2.24, 2.45) is 5.92 Å². The fourth-order valence-corrected chi connectivity index (χ4v) is 3.78. The van der Waals surface area contributed by atoms with Crippen molar-refractivity contribution in [3.8, 4) is 5.75 Å². The van der Waals surface area contributed by atoms with Crippen molar-refractivity contribution in [2.45, 2.75) is 26.3 Å². The highest BCUT2D eigenvalue weighted by Gasteiger charge is 2.41. The van der Waals surface area contributed by atoms with Crippen LogP contribution in [0.15, 0.2) is 45.1 Å². The first-order valence-electron chi connectivity index (χ1n) is 9.08. The Labute approximate surface area is 160 Å². The van der Waals surface area contributed by atoms with Gasteiger partial charge in [-0.2, -0.15) is 0 Å². The minimum Gasteiger partial charge on any atom is -0.497 e. The zero-order valence-corrected chi connectivity index (χ0v) is 15.9. The molecule has 0 fully saturated rings. The predicted octanol–water partition coefficient (Wildman–Crippen LogP) is 1.57. The molecule has 28 heavy (non-hydrogen) atoms. The van der Waals surface area contributed by atoms with Crippen LogP contribution in [0.1, 0.15) is 30.9 Å². The van der Waals surface area contributed by atoms with Gasteiger partial charge in [0.25, 0.3) is 5.56 Å². The Balaban J connectivity index is 2.01. The summed E-state index contributed by atoms with van der Waals surface area (Å²) in [5.41, 5.74) is 1.00. The van der Waals surface area contributed by atoms with Gasteiger partial charge in [-0.1, -0.05) is 26.0 Å². The number of hydrogen-bond donors (Lipinski definition) is 2. The highest BCUT2D eigenvalue weighted by Crippen LogP contribution is 2.42. The lowest BCUT2D eigenvalue weighted by Crippen LogP contribution is -2.39. The normalized spacial score (nSPS) is 17.9. The van der Waals surface area contributed by atoms with Crippen LogP contribution >= 0.6 is 0 Å². The van der Waals surface area contributed by atoms with Gasteiger partial charge in [0.15, 0.2) is 0 Å². The molecule has 0 saturated carbocycles. The first-order chi connectivity index (χ1) is 13.4. The van der Waals surface area contributed by atoms with E-state index in [0.717, 1.165) is 0 Å². The van der Waals surface area contributed by atoms with Crippen molar-refractivity contribution in [1.29, 1.82) is 0 Å². The molecule has 0 spiro atoms. The second kappa shape index (κ2) is 6.70. The summed E-state index contributed by atoms with van der Waals surface area (Å²) in [6.45, 7) is 4.47. The molecular weight excluding hydrogens is 362 g/mol. The van der Waals surface area contributed by atoms with Gasteiger partial charge in [0.1, 0.15) is 18.2 Å². The lowest BCUT2D eigenvalue weighted by molar-refractivity contribution is -0.136. The number of nitrogens with zero attached hydrogens (tertiary/aromatic N) is 1. The van der Waals surface area contributed by atoms with Crippen LogP contribution in [0.5, 0.6) is 5.75 Å². The quantitative estimate of drug-likeness (QED) is 0.777. The molecule has 0 unspecified atom stereocenters. The van der Waals surface area contributed by atoms with E-state index < -0.39 is 23.1 Å². The number of rotatable bonds is 4. The summed E-state index contributed by atoms with van der Waals surface area (Å²) in [4.78, 5) is 40.2. The number of methoxy groups -OCH3 is 1. The maximum atomic E-state index is 12.8. The summed E-state index contributed by atoms with van der Waals surface area (Å²) in [5, 5.41) is 3.12. The molecule has 1 aromatic carbocycles. The Hall–Kier alpha value is -3.29. The van der Waals surface area contributed by atoms with Gasteiger partial charge in [0.2, 0.25) is 0 Å². The standard InChI is InChI=1S/C20H21N3O5/c1-10(2)8-23-17-16(18(24)22-20(23)26)14(11-5-4-6-12(7-11)27-3)15-13(21-17)9-28-19(15)25/h4-7,10,14,21H,8-9H2,1-3H3,(H,22,24,26)/t14-/m1/s1. The van der Waals surface area contributed by atoms with Gasteiger partial charge in [-0.05, 0) is 23.6 Å².